The molecule has 1 aromatic heterocycles. The predicted octanol–water partition coefficient (Wildman–Crippen LogP) is 4.68. The van der Waals surface area contributed by atoms with E-state index in [-0.39, 0.29) is 6.42 Å². The number of carboxylic acid groups (broad SMARTS) is 1. The number of aromatic nitrogens is 1. The van der Waals surface area contributed by atoms with Crippen LogP contribution in [-0.2, 0) is 24.3 Å². The van der Waals surface area contributed by atoms with Crippen LogP contribution in [0.4, 0.5) is 5.82 Å². The highest BCUT2D eigenvalue weighted by molar-refractivity contribution is 9.10. The van der Waals surface area contributed by atoms with Crippen LogP contribution in [0, 0.1) is 0 Å². The lowest BCUT2D eigenvalue weighted by atomic mass is 10.1. The molecule has 2 aromatic carbocycles. The number of carbonyl (C=O) groups is 1. The van der Waals surface area contributed by atoms with Crippen molar-refractivity contribution in [3.8, 4) is 0 Å². The summed E-state index contributed by atoms with van der Waals surface area (Å²) >= 11 is 3.40. The van der Waals surface area contributed by atoms with E-state index in [1.807, 2.05) is 48.5 Å². The molecule has 5 heteroatoms. The Balaban J connectivity index is 1.92. The summed E-state index contributed by atoms with van der Waals surface area (Å²) in [5.41, 5.74) is 2.88. The Labute approximate surface area is 161 Å². The van der Waals surface area contributed by atoms with Crippen molar-refractivity contribution in [2.45, 2.75) is 19.5 Å². The zero-order chi connectivity index (χ0) is 18.4. The Bertz CT molecular complexity index is 828. The highest BCUT2D eigenvalue weighted by Crippen LogP contribution is 2.23. The second kappa shape index (κ2) is 8.63. The van der Waals surface area contributed by atoms with E-state index in [0.717, 1.165) is 5.82 Å². The molecule has 1 N–H and O–H groups in total. The van der Waals surface area contributed by atoms with E-state index in [1.165, 1.54) is 11.1 Å². The maximum atomic E-state index is 11.1. The molecule has 0 radical (unpaired) electrons. The number of aliphatic carboxylic acids is 1. The van der Waals surface area contributed by atoms with Gasteiger partial charge in [-0.1, -0.05) is 60.7 Å². The Morgan fingerprint density at radius 2 is 1.42 bits per heavy atom. The van der Waals surface area contributed by atoms with Crippen molar-refractivity contribution in [1.29, 1.82) is 0 Å². The van der Waals surface area contributed by atoms with E-state index in [1.54, 1.807) is 0 Å². The van der Waals surface area contributed by atoms with E-state index < -0.39 is 5.97 Å². The van der Waals surface area contributed by atoms with E-state index >= 15 is 0 Å². The number of nitrogens with zero attached hydrogens (tertiary/aromatic N) is 2. The molecule has 0 saturated heterocycles. The largest absolute Gasteiger partial charge is 0.481 e. The summed E-state index contributed by atoms with van der Waals surface area (Å²) in [7, 11) is 0. The molecule has 132 valence electrons. The van der Waals surface area contributed by atoms with Crippen LogP contribution in [0.5, 0.6) is 0 Å². The zero-order valence-electron chi connectivity index (χ0n) is 14.2. The van der Waals surface area contributed by atoms with Gasteiger partial charge in [0.15, 0.2) is 0 Å². The van der Waals surface area contributed by atoms with Crippen LogP contribution in [0.15, 0.2) is 77.3 Å². The molecule has 3 aromatic rings. The fourth-order valence-electron chi connectivity index (χ4n) is 2.74. The zero-order valence-corrected chi connectivity index (χ0v) is 15.8. The van der Waals surface area contributed by atoms with Crippen molar-refractivity contribution >= 4 is 27.7 Å². The number of pyridine rings is 1. The van der Waals surface area contributed by atoms with Gasteiger partial charge >= 0.3 is 5.97 Å². The number of carboxylic acids is 1. The Hall–Kier alpha value is -2.66. The normalized spacial score (nSPS) is 10.5. The SMILES string of the molecule is O=C(O)Cc1nc(N(Cc2ccccc2)Cc2ccccc2)ccc1Br. The molecular weight excluding hydrogens is 392 g/mol. The quantitative estimate of drug-likeness (QED) is 0.614. The van der Waals surface area contributed by atoms with Crippen molar-refractivity contribution < 1.29 is 9.90 Å². The van der Waals surface area contributed by atoms with Gasteiger partial charge in [-0.2, -0.15) is 0 Å². The van der Waals surface area contributed by atoms with Crippen molar-refractivity contribution in [1.82, 2.24) is 4.98 Å². The summed E-state index contributed by atoms with van der Waals surface area (Å²) in [6.45, 7) is 1.38. The van der Waals surface area contributed by atoms with Gasteiger partial charge in [0.2, 0.25) is 0 Å². The summed E-state index contributed by atoms with van der Waals surface area (Å²) in [5.74, 6) is -0.134. The molecular formula is C21H19BrN2O2. The van der Waals surface area contributed by atoms with Gasteiger partial charge in [-0.15, -0.1) is 0 Å². The molecule has 0 fully saturated rings. The van der Waals surface area contributed by atoms with Gasteiger partial charge < -0.3 is 10.0 Å². The lowest BCUT2D eigenvalue weighted by Crippen LogP contribution is -2.23. The van der Waals surface area contributed by atoms with E-state index in [0.29, 0.717) is 23.3 Å². The lowest BCUT2D eigenvalue weighted by molar-refractivity contribution is -0.136. The van der Waals surface area contributed by atoms with Crippen molar-refractivity contribution in [2.75, 3.05) is 4.90 Å². The molecule has 3 rings (SSSR count). The van der Waals surface area contributed by atoms with Crippen LogP contribution in [0.2, 0.25) is 0 Å². The summed E-state index contributed by atoms with van der Waals surface area (Å²) in [6.07, 6.45) is -0.112. The van der Waals surface area contributed by atoms with Crippen molar-refractivity contribution in [3.63, 3.8) is 0 Å². The van der Waals surface area contributed by atoms with Gasteiger partial charge in [-0.25, -0.2) is 4.98 Å². The summed E-state index contributed by atoms with van der Waals surface area (Å²) in [6, 6.07) is 24.1. The Morgan fingerprint density at radius 1 is 0.885 bits per heavy atom. The van der Waals surface area contributed by atoms with Gasteiger partial charge in [-0.05, 0) is 39.2 Å². The van der Waals surface area contributed by atoms with Crippen LogP contribution in [0.1, 0.15) is 16.8 Å². The van der Waals surface area contributed by atoms with Crippen LogP contribution in [0.25, 0.3) is 0 Å². The standard InChI is InChI=1S/C21H19BrN2O2/c22-18-11-12-20(23-19(18)13-21(25)26)24(14-16-7-3-1-4-8-16)15-17-9-5-2-6-10-17/h1-12H,13-15H2,(H,25,26). The van der Waals surface area contributed by atoms with Gasteiger partial charge in [0.1, 0.15) is 5.82 Å². The molecule has 0 amide bonds. The van der Waals surface area contributed by atoms with Crippen molar-refractivity contribution in [2.24, 2.45) is 0 Å². The molecule has 0 atom stereocenters. The molecule has 0 aliphatic carbocycles. The van der Waals surface area contributed by atoms with Gasteiger partial charge in [0.05, 0.1) is 12.1 Å². The molecule has 0 unspecified atom stereocenters. The summed E-state index contributed by atoms with van der Waals surface area (Å²) in [5, 5.41) is 9.12. The third kappa shape index (κ3) is 4.92. The Morgan fingerprint density at radius 3 is 1.92 bits per heavy atom. The van der Waals surface area contributed by atoms with Crippen LogP contribution in [0.3, 0.4) is 0 Å². The van der Waals surface area contributed by atoms with Crippen LogP contribution in [-0.4, -0.2) is 16.1 Å². The minimum Gasteiger partial charge on any atom is -0.481 e. The fourth-order valence-corrected chi connectivity index (χ4v) is 3.10. The number of benzene rings is 2. The van der Waals surface area contributed by atoms with Crippen molar-refractivity contribution in [3.05, 3.63) is 94.1 Å². The number of hydrogen-bond donors (Lipinski definition) is 1. The highest BCUT2D eigenvalue weighted by atomic mass is 79.9. The van der Waals surface area contributed by atoms with Gasteiger partial charge in [0.25, 0.3) is 0 Å². The molecule has 0 saturated carbocycles. The second-order valence-electron chi connectivity index (χ2n) is 6.00. The average Bonchev–Trinajstić information content (AvgIpc) is 2.64. The first-order valence-corrected chi connectivity index (χ1v) is 9.11. The van der Waals surface area contributed by atoms with E-state index in [4.69, 9.17) is 5.11 Å². The minimum atomic E-state index is -0.895. The summed E-state index contributed by atoms with van der Waals surface area (Å²) < 4.78 is 0.711. The first kappa shape index (κ1) is 18.1. The number of rotatable bonds is 7. The van der Waals surface area contributed by atoms with Gasteiger partial charge in [-0.3, -0.25) is 4.79 Å². The lowest BCUT2D eigenvalue weighted by Gasteiger charge is -2.25. The van der Waals surface area contributed by atoms with E-state index in [9.17, 15) is 4.79 Å². The predicted molar refractivity (Wildman–Crippen MR) is 106 cm³/mol. The molecule has 26 heavy (non-hydrogen) atoms. The van der Waals surface area contributed by atoms with E-state index in [2.05, 4.69) is 50.1 Å². The topological polar surface area (TPSA) is 53.4 Å². The smallest absolute Gasteiger partial charge is 0.309 e. The first-order chi connectivity index (χ1) is 12.6. The van der Waals surface area contributed by atoms with Crippen LogP contribution >= 0.6 is 15.9 Å². The monoisotopic (exact) mass is 410 g/mol. The van der Waals surface area contributed by atoms with Gasteiger partial charge in [0, 0.05) is 17.6 Å². The minimum absolute atomic E-state index is 0.112. The molecule has 4 nitrogen and oxygen atoms in total. The second-order valence-corrected chi connectivity index (χ2v) is 6.85. The maximum Gasteiger partial charge on any atom is 0.309 e. The first-order valence-electron chi connectivity index (χ1n) is 8.32. The number of hydrogen-bond acceptors (Lipinski definition) is 3. The third-order valence-corrected chi connectivity index (χ3v) is 4.70. The average molecular weight is 411 g/mol. The summed E-state index contributed by atoms with van der Waals surface area (Å²) in [4.78, 5) is 17.9. The number of anilines is 1. The highest BCUT2D eigenvalue weighted by Gasteiger charge is 2.14. The molecule has 1 heterocycles. The fraction of sp³-hybridized carbons (Fsp3) is 0.143. The molecule has 0 bridgehead atoms. The van der Waals surface area contributed by atoms with Crippen LogP contribution < -0.4 is 4.90 Å². The third-order valence-electron chi connectivity index (χ3n) is 3.98. The Kier molecular flexibility index (Phi) is 6.02. The molecule has 0 aliphatic heterocycles. The molecule has 0 aliphatic rings. The number of halogens is 1. The maximum absolute atomic E-state index is 11.1. The molecule has 0 spiro atoms.